The van der Waals surface area contributed by atoms with Crippen molar-refractivity contribution < 1.29 is 19.3 Å². The van der Waals surface area contributed by atoms with E-state index in [0.717, 1.165) is 11.3 Å². The number of nitrogens with two attached hydrogens (primary N) is 1. The third-order valence-electron chi connectivity index (χ3n) is 4.24. The molecule has 0 aliphatic carbocycles. The lowest BCUT2D eigenvalue weighted by Crippen LogP contribution is -2.92. The van der Waals surface area contributed by atoms with E-state index in [4.69, 9.17) is 9.15 Å². The van der Waals surface area contributed by atoms with Crippen LogP contribution in [0.3, 0.4) is 0 Å². The molecule has 3 rings (SSSR count). The van der Waals surface area contributed by atoms with Crippen LogP contribution in [-0.4, -0.2) is 19.1 Å². The highest BCUT2D eigenvalue weighted by atomic mass is 16.5. The molecule has 0 radical (unpaired) electrons. The van der Waals surface area contributed by atoms with E-state index in [1.165, 1.54) is 0 Å². The largest absolute Gasteiger partial charge is 0.497 e. The standard InChI is InChI=1S/C21H22N2O3/c1-15(21(24)23-17-10-6-11-18(14-17)25-2)22-20(19-12-7-13-26-19)16-8-4-3-5-9-16/h3-15,20,22H,1-2H3,(H,23,24)/p+1/t15-,20+/m0/s1. The SMILES string of the molecule is COc1cccc(NC(=O)[C@H](C)[NH2+][C@H](c2ccccc2)c2ccco2)c1. The number of amides is 1. The van der Waals surface area contributed by atoms with Gasteiger partial charge in [-0.15, -0.1) is 0 Å². The lowest BCUT2D eigenvalue weighted by atomic mass is 10.0. The Labute approximate surface area is 153 Å². The van der Waals surface area contributed by atoms with E-state index in [1.54, 1.807) is 19.4 Å². The van der Waals surface area contributed by atoms with Crippen molar-refractivity contribution in [3.63, 3.8) is 0 Å². The molecule has 2 aromatic carbocycles. The Kier molecular flexibility index (Phi) is 5.71. The minimum absolute atomic E-state index is 0.0780. The first-order valence-corrected chi connectivity index (χ1v) is 8.55. The number of carbonyl (C=O) groups is 1. The molecule has 0 saturated heterocycles. The molecule has 1 amide bonds. The first-order chi connectivity index (χ1) is 12.7. The van der Waals surface area contributed by atoms with Crippen molar-refractivity contribution in [3.8, 4) is 5.75 Å². The van der Waals surface area contributed by atoms with Crippen LogP contribution < -0.4 is 15.4 Å². The number of benzene rings is 2. The van der Waals surface area contributed by atoms with Crippen LogP contribution in [0, 0.1) is 0 Å². The van der Waals surface area contributed by atoms with Crippen molar-refractivity contribution in [2.75, 3.05) is 12.4 Å². The Morgan fingerprint density at radius 1 is 1.08 bits per heavy atom. The van der Waals surface area contributed by atoms with E-state index in [2.05, 4.69) is 5.32 Å². The van der Waals surface area contributed by atoms with Crippen LogP contribution in [0.2, 0.25) is 0 Å². The molecule has 0 saturated carbocycles. The van der Waals surface area contributed by atoms with E-state index >= 15 is 0 Å². The maximum atomic E-state index is 12.6. The first kappa shape index (κ1) is 17.8. The molecular weight excluding hydrogens is 328 g/mol. The average Bonchev–Trinajstić information content (AvgIpc) is 3.21. The molecule has 26 heavy (non-hydrogen) atoms. The summed E-state index contributed by atoms with van der Waals surface area (Å²) in [6, 6.07) is 20.7. The number of methoxy groups -OCH3 is 1. The molecule has 0 aliphatic rings. The molecule has 1 aromatic heterocycles. The molecular formula is C21H23N2O3+. The van der Waals surface area contributed by atoms with Gasteiger partial charge < -0.3 is 19.8 Å². The number of rotatable bonds is 7. The maximum Gasteiger partial charge on any atom is 0.282 e. The molecule has 134 valence electrons. The minimum Gasteiger partial charge on any atom is -0.497 e. The van der Waals surface area contributed by atoms with Crippen LogP contribution in [0.4, 0.5) is 5.69 Å². The summed E-state index contributed by atoms with van der Waals surface area (Å²) < 4.78 is 10.8. The lowest BCUT2D eigenvalue weighted by molar-refractivity contribution is -0.706. The van der Waals surface area contributed by atoms with Crippen LogP contribution in [0.5, 0.6) is 5.75 Å². The Morgan fingerprint density at radius 2 is 1.88 bits per heavy atom. The van der Waals surface area contributed by atoms with Gasteiger partial charge in [-0.25, -0.2) is 0 Å². The Morgan fingerprint density at radius 3 is 2.58 bits per heavy atom. The number of hydrogen-bond acceptors (Lipinski definition) is 3. The summed E-state index contributed by atoms with van der Waals surface area (Å²) in [6.45, 7) is 1.88. The van der Waals surface area contributed by atoms with Gasteiger partial charge in [-0.05, 0) is 31.2 Å². The number of furan rings is 1. The van der Waals surface area contributed by atoms with E-state index in [-0.39, 0.29) is 18.0 Å². The molecule has 0 fully saturated rings. The summed E-state index contributed by atoms with van der Waals surface area (Å²) in [5.74, 6) is 1.44. The van der Waals surface area contributed by atoms with E-state index in [9.17, 15) is 4.79 Å². The van der Waals surface area contributed by atoms with Crippen molar-refractivity contribution in [2.45, 2.75) is 19.0 Å². The Bertz CT molecular complexity index is 831. The van der Waals surface area contributed by atoms with Crippen LogP contribution >= 0.6 is 0 Å². The Hall–Kier alpha value is -3.05. The maximum absolute atomic E-state index is 12.6. The van der Waals surface area contributed by atoms with Gasteiger partial charge in [0.1, 0.15) is 5.75 Å². The summed E-state index contributed by atoms with van der Waals surface area (Å²) in [6.07, 6.45) is 1.65. The topological polar surface area (TPSA) is 68.1 Å². The molecule has 0 unspecified atom stereocenters. The summed E-state index contributed by atoms with van der Waals surface area (Å²) in [5.41, 5.74) is 1.80. The summed E-state index contributed by atoms with van der Waals surface area (Å²) in [7, 11) is 1.60. The molecule has 1 heterocycles. The third kappa shape index (κ3) is 4.32. The zero-order valence-corrected chi connectivity index (χ0v) is 14.9. The van der Waals surface area contributed by atoms with Crippen molar-refractivity contribution in [1.29, 1.82) is 0 Å². The molecule has 0 spiro atoms. The highest BCUT2D eigenvalue weighted by Gasteiger charge is 2.26. The highest BCUT2D eigenvalue weighted by molar-refractivity contribution is 5.93. The fourth-order valence-corrected chi connectivity index (χ4v) is 2.83. The summed E-state index contributed by atoms with van der Waals surface area (Å²) in [5, 5.41) is 4.94. The van der Waals surface area contributed by atoms with E-state index in [1.807, 2.05) is 72.9 Å². The van der Waals surface area contributed by atoms with Crippen LogP contribution in [0.25, 0.3) is 0 Å². The second-order valence-corrected chi connectivity index (χ2v) is 6.11. The van der Waals surface area contributed by atoms with Gasteiger partial charge in [0.05, 0.1) is 13.4 Å². The molecule has 5 nitrogen and oxygen atoms in total. The fourth-order valence-electron chi connectivity index (χ4n) is 2.83. The predicted molar refractivity (Wildman–Crippen MR) is 100 cm³/mol. The second-order valence-electron chi connectivity index (χ2n) is 6.11. The van der Waals surface area contributed by atoms with Crippen molar-refractivity contribution >= 4 is 11.6 Å². The highest BCUT2D eigenvalue weighted by Crippen LogP contribution is 2.19. The zero-order chi connectivity index (χ0) is 18.4. The smallest absolute Gasteiger partial charge is 0.282 e. The lowest BCUT2D eigenvalue weighted by Gasteiger charge is -2.19. The average molecular weight is 351 g/mol. The molecule has 3 aromatic rings. The number of nitrogens with one attached hydrogen (secondary N) is 1. The van der Waals surface area contributed by atoms with Crippen LogP contribution in [0.1, 0.15) is 24.3 Å². The zero-order valence-electron chi connectivity index (χ0n) is 14.9. The summed E-state index contributed by atoms with van der Waals surface area (Å²) >= 11 is 0. The minimum atomic E-state index is -0.309. The molecule has 2 atom stereocenters. The van der Waals surface area contributed by atoms with Gasteiger partial charge in [-0.3, -0.25) is 4.79 Å². The van der Waals surface area contributed by atoms with Gasteiger partial charge in [-0.2, -0.15) is 0 Å². The van der Waals surface area contributed by atoms with Crippen molar-refractivity contribution in [1.82, 2.24) is 0 Å². The third-order valence-corrected chi connectivity index (χ3v) is 4.24. The van der Waals surface area contributed by atoms with Crippen LogP contribution in [-0.2, 0) is 4.79 Å². The monoisotopic (exact) mass is 351 g/mol. The van der Waals surface area contributed by atoms with Gasteiger partial charge in [0.15, 0.2) is 17.8 Å². The number of ether oxygens (including phenoxy) is 1. The van der Waals surface area contributed by atoms with Gasteiger partial charge in [0.25, 0.3) is 5.91 Å². The van der Waals surface area contributed by atoms with Crippen LogP contribution in [0.15, 0.2) is 77.4 Å². The van der Waals surface area contributed by atoms with Gasteiger partial charge >= 0.3 is 0 Å². The van der Waals surface area contributed by atoms with E-state index in [0.29, 0.717) is 11.4 Å². The van der Waals surface area contributed by atoms with Gasteiger partial charge in [-0.1, -0.05) is 36.4 Å². The molecule has 5 heteroatoms. The van der Waals surface area contributed by atoms with E-state index < -0.39 is 0 Å². The normalized spacial score (nSPS) is 13.0. The first-order valence-electron chi connectivity index (χ1n) is 8.55. The quantitative estimate of drug-likeness (QED) is 0.688. The number of hydrogen-bond donors (Lipinski definition) is 2. The molecule has 3 N–H and O–H groups in total. The summed E-state index contributed by atoms with van der Waals surface area (Å²) in [4.78, 5) is 12.6. The number of carbonyl (C=O) groups excluding carboxylic acids is 1. The predicted octanol–water partition coefficient (Wildman–Crippen LogP) is 2.97. The second kappa shape index (κ2) is 8.36. The van der Waals surface area contributed by atoms with Gasteiger partial charge in [0.2, 0.25) is 0 Å². The van der Waals surface area contributed by atoms with Gasteiger partial charge in [0, 0.05) is 17.3 Å². The van der Waals surface area contributed by atoms with Crippen molar-refractivity contribution in [2.24, 2.45) is 0 Å². The fraction of sp³-hybridized carbons (Fsp3) is 0.190. The van der Waals surface area contributed by atoms with Crippen molar-refractivity contribution in [3.05, 3.63) is 84.3 Å². The molecule has 0 bridgehead atoms. The number of quaternary nitrogens is 1. The Balaban J connectivity index is 1.73. The molecule has 0 aliphatic heterocycles. The number of anilines is 1.